The molecule has 0 amide bonds. The number of halogens is 2. The Morgan fingerprint density at radius 1 is 1.22 bits per heavy atom. The molecule has 18 heavy (non-hydrogen) atoms. The molecule has 1 aromatic heterocycles. The fraction of sp³-hybridized carbons (Fsp3) is 0.286. The summed E-state index contributed by atoms with van der Waals surface area (Å²) in [6.45, 7) is 0. The van der Waals surface area contributed by atoms with Gasteiger partial charge in [-0.2, -0.15) is 0 Å². The van der Waals surface area contributed by atoms with Crippen LogP contribution in [-0.4, -0.2) is 7.05 Å². The highest BCUT2D eigenvalue weighted by molar-refractivity contribution is 7.09. The summed E-state index contributed by atoms with van der Waals surface area (Å²) in [6, 6.07) is 8.21. The average molecular weight is 267 g/mol. The monoisotopic (exact) mass is 267 g/mol. The van der Waals surface area contributed by atoms with Crippen LogP contribution in [0, 0.1) is 11.6 Å². The minimum Gasteiger partial charge on any atom is -0.313 e. The van der Waals surface area contributed by atoms with Crippen molar-refractivity contribution in [2.45, 2.75) is 18.9 Å². The lowest BCUT2D eigenvalue weighted by atomic mass is 10.0. The van der Waals surface area contributed by atoms with Crippen LogP contribution in [0.5, 0.6) is 0 Å². The molecule has 0 fully saturated rings. The summed E-state index contributed by atoms with van der Waals surface area (Å²) in [7, 11) is 1.77. The van der Waals surface area contributed by atoms with Gasteiger partial charge in [0, 0.05) is 16.5 Å². The molecule has 0 aliphatic carbocycles. The zero-order chi connectivity index (χ0) is 13.0. The van der Waals surface area contributed by atoms with Crippen LogP contribution < -0.4 is 5.32 Å². The molecule has 0 spiro atoms. The largest absolute Gasteiger partial charge is 0.313 e. The van der Waals surface area contributed by atoms with Crippen molar-refractivity contribution in [2.24, 2.45) is 0 Å². The lowest BCUT2D eigenvalue weighted by molar-refractivity contribution is 0.464. The number of aryl methyl sites for hydroxylation is 1. The Labute approximate surface area is 109 Å². The Kier molecular flexibility index (Phi) is 4.44. The zero-order valence-electron chi connectivity index (χ0n) is 10.1. The molecule has 1 aromatic carbocycles. The Morgan fingerprint density at radius 3 is 2.72 bits per heavy atom. The summed E-state index contributed by atoms with van der Waals surface area (Å²) in [5.74, 6) is -1.54. The normalized spacial score (nSPS) is 12.6. The first-order valence-corrected chi connectivity index (χ1v) is 6.74. The fourth-order valence-corrected chi connectivity index (χ4v) is 2.71. The molecule has 96 valence electrons. The molecule has 2 aromatic rings. The predicted octanol–water partition coefficient (Wildman–Crippen LogP) is 3.92. The van der Waals surface area contributed by atoms with E-state index in [1.807, 2.05) is 11.4 Å². The number of thiophene rings is 1. The summed E-state index contributed by atoms with van der Waals surface area (Å²) in [5.41, 5.74) is 0.397. The van der Waals surface area contributed by atoms with E-state index in [0.29, 0.717) is 5.56 Å². The number of hydrogen-bond donors (Lipinski definition) is 1. The van der Waals surface area contributed by atoms with Gasteiger partial charge in [0.05, 0.1) is 0 Å². The third-order valence-corrected chi connectivity index (χ3v) is 3.90. The molecule has 1 heterocycles. The predicted molar refractivity (Wildman–Crippen MR) is 70.8 cm³/mol. The second-order valence-corrected chi connectivity index (χ2v) is 5.13. The minimum atomic E-state index is -0.788. The van der Waals surface area contributed by atoms with E-state index in [0.717, 1.165) is 18.9 Å². The summed E-state index contributed by atoms with van der Waals surface area (Å²) in [4.78, 5) is 1.26. The van der Waals surface area contributed by atoms with Gasteiger partial charge in [-0.1, -0.05) is 18.2 Å². The molecule has 4 heteroatoms. The van der Waals surface area contributed by atoms with Crippen LogP contribution in [-0.2, 0) is 6.42 Å². The molecule has 1 nitrogen and oxygen atoms in total. The van der Waals surface area contributed by atoms with Gasteiger partial charge >= 0.3 is 0 Å². The third-order valence-electron chi connectivity index (χ3n) is 2.96. The van der Waals surface area contributed by atoms with E-state index in [-0.39, 0.29) is 6.04 Å². The van der Waals surface area contributed by atoms with Crippen LogP contribution in [0.25, 0.3) is 0 Å². The Morgan fingerprint density at radius 2 is 2.06 bits per heavy atom. The molecular weight excluding hydrogens is 252 g/mol. The first-order chi connectivity index (χ1) is 8.72. The quantitative estimate of drug-likeness (QED) is 0.865. The van der Waals surface area contributed by atoms with Crippen molar-refractivity contribution in [3.63, 3.8) is 0 Å². The maximum atomic E-state index is 13.7. The van der Waals surface area contributed by atoms with E-state index >= 15 is 0 Å². The van der Waals surface area contributed by atoms with E-state index < -0.39 is 11.6 Å². The van der Waals surface area contributed by atoms with Crippen LogP contribution in [0.2, 0.25) is 0 Å². The number of hydrogen-bond acceptors (Lipinski definition) is 2. The highest BCUT2D eigenvalue weighted by Crippen LogP contribution is 2.24. The molecule has 0 saturated carbocycles. The first-order valence-electron chi connectivity index (χ1n) is 5.86. The third kappa shape index (κ3) is 2.94. The topological polar surface area (TPSA) is 12.0 Å². The standard InChI is InChI=1S/C14H15F2NS/c1-17-13(8-7-10-4-3-9-18-10)11-5-2-6-12(15)14(11)16/h2-6,9,13,17H,7-8H2,1H3. The van der Waals surface area contributed by atoms with Gasteiger partial charge in [0.25, 0.3) is 0 Å². The van der Waals surface area contributed by atoms with Gasteiger partial charge in [0.2, 0.25) is 0 Å². The summed E-state index contributed by atoms with van der Waals surface area (Å²) >= 11 is 1.68. The number of rotatable bonds is 5. The van der Waals surface area contributed by atoms with Crippen LogP contribution >= 0.6 is 11.3 Å². The van der Waals surface area contributed by atoms with Crippen molar-refractivity contribution >= 4 is 11.3 Å². The van der Waals surface area contributed by atoms with Crippen LogP contribution in [0.4, 0.5) is 8.78 Å². The van der Waals surface area contributed by atoms with Crippen molar-refractivity contribution in [3.8, 4) is 0 Å². The molecular formula is C14H15F2NS. The van der Waals surface area contributed by atoms with Gasteiger partial charge in [-0.15, -0.1) is 11.3 Å². The van der Waals surface area contributed by atoms with Crippen LogP contribution in [0.15, 0.2) is 35.7 Å². The van der Waals surface area contributed by atoms with Gasteiger partial charge in [-0.05, 0) is 37.4 Å². The molecule has 1 N–H and O–H groups in total. The molecule has 0 aliphatic heterocycles. The number of nitrogens with one attached hydrogen (secondary N) is 1. The van der Waals surface area contributed by atoms with Crippen LogP contribution in [0.1, 0.15) is 22.9 Å². The highest BCUT2D eigenvalue weighted by Gasteiger charge is 2.16. The lowest BCUT2D eigenvalue weighted by Crippen LogP contribution is -2.18. The molecule has 1 atom stereocenters. The molecule has 1 unspecified atom stereocenters. The molecule has 0 saturated heterocycles. The van der Waals surface area contributed by atoms with E-state index in [1.54, 1.807) is 30.5 Å². The average Bonchev–Trinajstić information content (AvgIpc) is 2.88. The van der Waals surface area contributed by atoms with E-state index in [4.69, 9.17) is 0 Å². The SMILES string of the molecule is CNC(CCc1cccs1)c1cccc(F)c1F. The molecule has 0 bridgehead atoms. The minimum absolute atomic E-state index is 0.164. The molecule has 2 rings (SSSR count). The number of benzene rings is 1. The molecule has 0 radical (unpaired) electrons. The van der Waals surface area contributed by atoms with Crippen LogP contribution in [0.3, 0.4) is 0 Å². The second kappa shape index (κ2) is 6.07. The Hall–Kier alpha value is -1.26. The van der Waals surface area contributed by atoms with E-state index in [1.165, 1.54) is 4.88 Å². The highest BCUT2D eigenvalue weighted by atomic mass is 32.1. The van der Waals surface area contributed by atoms with E-state index in [2.05, 4.69) is 11.4 Å². The molecule has 0 aliphatic rings. The zero-order valence-corrected chi connectivity index (χ0v) is 10.9. The second-order valence-electron chi connectivity index (χ2n) is 4.10. The van der Waals surface area contributed by atoms with Gasteiger partial charge in [-0.3, -0.25) is 0 Å². The van der Waals surface area contributed by atoms with Gasteiger partial charge < -0.3 is 5.32 Å². The Bertz CT molecular complexity index is 497. The van der Waals surface area contributed by atoms with Crippen molar-refractivity contribution in [2.75, 3.05) is 7.05 Å². The van der Waals surface area contributed by atoms with Crippen molar-refractivity contribution in [1.82, 2.24) is 5.32 Å². The first kappa shape index (κ1) is 13.2. The maximum absolute atomic E-state index is 13.7. The summed E-state index contributed by atoms with van der Waals surface area (Å²) in [6.07, 6.45) is 1.61. The van der Waals surface area contributed by atoms with Gasteiger partial charge in [-0.25, -0.2) is 8.78 Å². The Balaban J connectivity index is 2.10. The lowest BCUT2D eigenvalue weighted by Gasteiger charge is -2.17. The van der Waals surface area contributed by atoms with Crippen molar-refractivity contribution in [3.05, 3.63) is 57.8 Å². The van der Waals surface area contributed by atoms with Crippen molar-refractivity contribution in [1.29, 1.82) is 0 Å². The maximum Gasteiger partial charge on any atom is 0.163 e. The van der Waals surface area contributed by atoms with Crippen molar-refractivity contribution < 1.29 is 8.78 Å². The summed E-state index contributed by atoms with van der Waals surface area (Å²) < 4.78 is 26.9. The van der Waals surface area contributed by atoms with E-state index in [9.17, 15) is 8.78 Å². The van der Waals surface area contributed by atoms with Gasteiger partial charge in [0.15, 0.2) is 11.6 Å². The summed E-state index contributed by atoms with van der Waals surface area (Å²) in [5, 5.41) is 5.07. The fourth-order valence-electron chi connectivity index (χ4n) is 1.99. The smallest absolute Gasteiger partial charge is 0.163 e. The van der Waals surface area contributed by atoms with Gasteiger partial charge in [0.1, 0.15) is 0 Å².